The van der Waals surface area contributed by atoms with Crippen molar-refractivity contribution in [2.45, 2.75) is 44.9 Å². The maximum atomic E-state index is 14.0. The highest BCUT2D eigenvalue weighted by atomic mass is 32.2. The lowest BCUT2D eigenvalue weighted by molar-refractivity contribution is -0.125. The third-order valence-electron chi connectivity index (χ3n) is 5.65. The van der Waals surface area contributed by atoms with Gasteiger partial charge >= 0.3 is 6.03 Å². The zero-order valence-corrected chi connectivity index (χ0v) is 18.6. The number of carbonyl (C=O) groups excluding carboxylic acids is 2. The Balaban J connectivity index is 1.42. The third kappa shape index (κ3) is 6.64. The summed E-state index contributed by atoms with van der Waals surface area (Å²) in [5.74, 6) is 4.87. The van der Waals surface area contributed by atoms with Gasteiger partial charge in [0.25, 0.3) is 5.91 Å². The average molecular weight is 456 g/mol. The summed E-state index contributed by atoms with van der Waals surface area (Å²) in [6, 6.07) is 4.01. The minimum absolute atomic E-state index is 0.0258. The first-order valence-corrected chi connectivity index (χ1v) is 12.5. The lowest BCUT2D eigenvalue weighted by Gasteiger charge is -2.15. The molecule has 31 heavy (non-hydrogen) atoms. The molecule has 2 N–H and O–H groups in total. The van der Waals surface area contributed by atoms with Crippen LogP contribution >= 0.6 is 0 Å². The fourth-order valence-corrected chi connectivity index (χ4v) is 5.30. The first-order valence-electron chi connectivity index (χ1n) is 10.7. The van der Waals surface area contributed by atoms with Crippen LogP contribution in [0.25, 0.3) is 0 Å². The van der Waals surface area contributed by atoms with E-state index in [4.69, 9.17) is 10.6 Å². The van der Waals surface area contributed by atoms with E-state index in [1.807, 2.05) is 6.92 Å². The number of nitrogens with two attached hydrogens (primary N) is 1. The molecule has 2 aliphatic rings. The standard InChI is InChI=1S/C21H30FN3O5S/c1-15(17-7-8-18(22)19(11-17)30-13-16-5-6-16)14-31(28,29)10-4-2-3-9-24-12-20(26)25(23)21(24)27/h7-8,11,15-16H,2-6,9-10,12-14,23H2,1H3/t15-/m0/s1. The van der Waals surface area contributed by atoms with E-state index in [0.29, 0.717) is 43.3 Å². The zero-order chi connectivity index (χ0) is 22.6. The van der Waals surface area contributed by atoms with Gasteiger partial charge in [-0.1, -0.05) is 19.4 Å². The van der Waals surface area contributed by atoms with Crippen LogP contribution in [0.5, 0.6) is 5.75 Å². The molecule has 1 aliphatic heterocycles. The predicted octanol–water partition coefficient (Wildman–Crippen LogP) is 2.44. The highest BCUT2D eigenvalue weighted by Crippen LogP contribution is 2.31. The molecule has 10 heteroatoms. The Morgan fingerprint density at radius 2 is 1.97 bits per heavy atom. The number of ether oxygens (including phenoxy) is 1. The van der Waals surface area contributed by atoms with Crippen LogP contribution in [0.2, 0.25) is 0 Å². The predicted molar refractivity (Wildman–Crippen MR) is 114 cm³/mol. The van der Waals surface area contributed by atoms with Gasteiger partial charge in [0.1, 0.15) is 6.54 Å². The summed E-state index contributed by atoms with van der Waals surface area (Å²) >= 11 is 0. The van der Waals surface area contributed by atoms with E-state index in [2.05, 4.69) is 0 Å². The van der Waals surface area contributed by atoms with Crippen molar-refractivity contribution in [2.75, 3.05) is 31.2 Å². The number of sulfone groups is 1. The topological polar surface area (TPSA) is 110 Å². The molecule has 172 valence electrons. The SMILES string of the molecule is C[C@@H](CS(=O)(=O)CCCCCN1CC(=O)N(N)C1=O)c1ccc(F)c(OCC2CC2)c1. The van der Waals surface area contributed by atoms with Gasteiger partial charge in [-0.2, -0.15) is 5.01 Å². The van der Waals surface area contributed by atoms with Gasteiger partial charge in [0, 0.05) is 6.54 Å². The summed E-state index contributed by atoms with van der Waals surface area (Å²) in [5, 5.41) is 0.601. The van der Waals surface area contributed by atoms with Gasteiger partial charge in [-0.15, -0.1) is 0 Å². The van der Waals surface area contributed by atoms with E-state index in [-0.39, 0.29) is 29.7 Å². The minimum atomic E-state index is -3.29. The van der Waals surface area contributed by atoms with E-state index < -0.39 is 27.6 Å². The monoisotopic (exact) mass is 455 g/mol. The van der Waals surface area contributed by atoms with Crippen LogP contribution in [-0.4, -0.2) is 61.5 Å². The van der Waals surface area contributed by atoms with Gasteiger partial charge in [-0.3, -0.25) is 4.79 Å². The maximum absolute atomic E-state index is 14.0. The smallest absolute Gasteiger partial charge is 0.341 e. The molecule has 2 fully saturated rings. The molecule has 8 nitrogen and oxygen atoms in total. The summed E-state index contributed by atoms with van der Waals surface area (Å²) in [4.78, 5) is 24.4. The van der Waals surface area contributed by atoms with E-state index in [1.165, 1.54) is 11.0 Å². The Bertz CT molecular complexity index is 920. The summed E-state index contributed by atoms with van der Waals surface area (Å²) in [6.45, 7) is 2.64. The van der Waals surface area contributed by atoms with E-state index in [0.717, 1.165) is 18.4 Å². The molecule has 1 atom stereocenters. The van der Waals surface area contributed by atoms with Crippen molar-refractivity contribution in [1.82, 2.24) is 9.91 Å². The molecule has 1 aromatic rings. The molecule has 0 aromatic heterocycles. The van der Waals surface area contributed by atoms with Crippen LogP contribution in [0.4, 0.5) is 9.18 Å². The van der Waals surface area contributed by atoms with Crippen molar-refractivity contribution < 1.29 is 27.1 Å². The van der Waals surface area contributed by atoms with Gasteiger partial charge < -0.3 is 9.64 Å². The third-order valence-corrected chi connectivity index (χ3v) is 7.57. The van der Waals surface area contributed by atoms with Crippen LogP contribution < -0.4 is 10.6 Å². The fraction of sp³-hybridized carbons (Fsp3) is 0.619. The molecule has 0 radical (unpaired) electrons. The van der Waals surface area contributed by atoms with Gasteiger partial charge in [0.2, 0.25) is 0 Å². The number of nitrogens with zero attached hydrogens (tertiary/aromatic N) is 2. The Morgan fingerprint density at radius 3 is 2.61 bits per heavy atom. The molecular formula is C21H30FN3O5S. The second-order valence-corrected chi connectivity index (χ2v) is 10.7. The van der Waals surface area contributed by atoms with Crippen molar-refractivity contribution in [3.8, 4) is 5.75 Å². The number of hydrogen-bond donors (Lipinski definition) is 1. The Hall–Kier alpha value is -2.20. The summed E-state index contributed by atoms with van der Waals surface area (Å²) in [5.41, 5.74) is 0.735. The van der Waals surface area contributed by atoms with Crippen LogP contribution in [0.15, 0.2) is 18.2 Å². The number of hydrogen-bond acceptors (Lipinski definition) is 6. The van der Waals surface area contributed by atoms with Gasteiger partial charge in [-0.25, -0.2) is 23.4 Å². The number of benzene rings is 1. The Kier molecular flexibility index (Phi) is 7.53. The molecule has 1 aromatic carbocycles. The van der Waals surface area contributed by atoms with Gasteiger partial charge in [-0.05, 0) is 55.2 Å². The van der Waals surface area contributed by atoms with Gasteiger partial charge in [0.15, 0.2) is 21.4 Å². The Labute approximate surface area is 182 Å². The number of imide groups is 1. The fourth-order valence-electron chi connectivity index (χ4n) is 3.53. The Morgan fingerprint density at radius 1 is 1.23 bits per heavy atom. The molecule has 3 amide bonds. The van der Waals surface area contributed by atoms with Crippen molar-refractivity contribution >= 4 is 21.8 Å². The van der Waals surface area contributed by atoms with Crippen molar-refractivity contribution in [3.05, 3.63) is 29.6 Å². The lowest BCUT2D eigenvalue weighted by Crippen LogP contribution is -2.38. The second kappa shape index (κ2) is 9.95. The number of halogens is 1. The number of unbranched alkanes of at least 4 members (excludes halogenated alkanes) is 2. The van der Waals surface area contributed by atoms with Crippen LogP contribution in [-0.2, 0) is 14.6 Å². The van der Waals surface area contributed by atoms with Gasteiger partial charge in [0.05, 0.1) is 18.1 Å². The van der Waals surface area contributed by atoms with E-state index in [1.54, 1.807) is 12.1 Å². The first kappa shape index (κ1) is 23.5. The molecule has 0 unspecified atom stereocenters. The molecule has 3 rings (SSSR count). The number of hydrazine groups is 1. The summed E-state index contributed by atoms with van der Waals surface area (Å²) in [6.07, 6.45) is 3.89. The molecule has 0 spiro atoms. The normalized spacial score (nSPS) is 18.0. The molecule has 1 saturated heterocycles. The zero-order valence-electron chi connectivity index (χ0n) is 17.8. The average Bonchev–Trinajstić information content (AvgIpc) is 3.51. The lowest BCUT2D eigenvalue weighted by atomic mass is 10.0. The number of carbonyl (C=O) groups is 2. The molecular weight excluding hydrogens is 425 g/mol. The highest BCUT2D eigenvalue weighted by Gasteiger charge is 2.33. The van der Waals surface area contributed by atoms with E-state index >= 15 is 0 Å². The summed E-state index contributed by atoms with van der Waals surface area (Å²) in [7, 11) is -3.29. The summed E-state index contributed by atoms with van der Waals surface area (Å²) < 4.78 is 44.5. The van der Waals surface area contributed by atoms with E-state index in [9.17, 15) is 22.4 Å². The van der Waals surface area contributed by atoms with Crippen molar-refractivity contribution in [3.63, 3.8) is 0 Å². The van der Waals surface area contributed by atoms with Crippen LogP contribution in [0, 0.1) is 11.7 Å². The molecule has 0 bridgehead atoms. The molecule has 1 heterocycles. The molecule has 1 aliphatic carbocycles. The number of rotatable bonds is 12. The van der Waals surface area contributed by atoms with Crippen LogP contribution in [0.3, 0.4) is 0 Å². The second-order valence-electron chi connectivity index (χ2n) is 8.49. The number of amides is 3. The largest absolute Gasteiger partial charge is 0.490 e. The number of urea groups is 1. The quantitative estimate of drug-likeness (QED) is 0.224. The first-order chi connectivity index (χ1) is 14.7. The van der Waals surface area contributed by atoms with Crippen molar-refractivity contribution in [2.24, 2.45) is 11.8 Å². The minimum Gasteiger partial charge on any atom is -0.490 e. The van der Waals surface area contributed by atoms with Crippen LogP contribution in [0.1, 0.15) is 50.5 Å². The molecule has 1 saturated carbocycles. The maximum Gasteiger partial charge on any atom is 0.341 e. The van der Waals surface area contributed by atoms with Crippen molar-refractivity contribution in [1.29, 1.82) is 0 Å². The highest BCUT2D eigenvalue weighted by molar-refractivity contribution is 7.91.